The largest absolute Gasteiger partial charge is 0.179 e. The van der Waals surface area contributed by atoms with E-state index in [0.717, 1.165) is 30.6 Å². The summed E-state index contributed by atoms with van der Waals surface area (Å²) >= 11 is 4.65. The molecule has 2 aliphatic carbocycles. The summed E-state index contributed by atoms with van der Waals surface area (Å²) < 4.78 is 0. The van der Waals surface area contributed by atoms with Crippen molar-refractivity contribution >= 4 is 32.0 Å². The van der Waals surface area contributed by atoms with Crippen LogP contribution in [-0.2, 0) is 0 Å². The lowest BCUT2D eigenvalue weighted by Crippen LogP contribution is -2.19. The molecule has 0 aromatic heterocycles. The van der Waals surface area contributed by atoms with E-state index in [4.69, 9.17) is 6.58 Å². The van der Waals surface area contributed by atoms with Crippen molar-refractivity contribution in [1.82, 2.24) is 0 Å². The molecule has 0 fully saturated rings. The lowest BCUT2D eigenvalue weighted by Gasteiger charge is -2.29. The summed E-state index contributed by atoms with van der Waals surface area (Å²) in [4.78, 5) is 0. The lowest BCUT2D eigenvalue weighted by atomic mass is 9.73. The second-order valence-electron chi connectivity index (χ2n) is 12.1. The SMILES string of the molecule is Bc1cc(C(CCCS)C2C=C(C3=CCC(C)C=C3)C(=C)/C2=C\C(=C/C)C(=C(C)C)/C(C)=C\C)c(C)c(C=C)c1C. The summed E-state index contributed by atoms with van der Waals surface area (Å²) in [7, 11) is 2.24. The third-order valence-electron chi connectivity index (χ3n) is 9.16. The number of allylic oxidation sites excluding steroid dienone is 15. The molecule has 0 heterocycles. The maximum atomic E-state index is 4.76. The summed E-state index contributed by atoms with van der Waals surface area (Å²) in [6.07, 6.45) is 21.8. The Morgan fingerprint density at radius 3 is 2.39 bits per heavy atom. The Labute approximate surface area is 258 Å². The second kappa shape index (κ2) is 14.5. The fourth-order valence-corrected chi connectivity index (χ4v) is 6.78. The first-order chi connectivity index (χ1) is 19.5. The monoisotopic (exact) mass is 562 g/mol. The van der Waals surface area contributed by atoms with E-state index in [1.807, 2.05) is 6.08 Å². The van der Waals surface area contributed by atoms with Crippen molar-refractivity contribution in [3.8, 4) is 0 Å². The minimum absolute atomic E-state index is 0.226. The summed E-state index contributed by atoms with van der Waals surface area (Å²) in [6.45, 7) is 26.7. The molecular formula is C39H51BS. The van der Waals surface area contributed by atoms with Crippen molar-refractivity contribution in [3.63, 3.8) is 0 Å². The minimum Gasteiger partial charge on any atom is -0.179 e. The van der Waals surface area contributed by atoms with Crippen LogP contribution in [0.4, 0.5) is 0 Å². The van der Waals surface area contributed by atoms with Crippen LogP contribution in [0.3, 0.4) is 0 Å². The van der Waals surface area contributed by atoms with Gasteiger partial charge in [-0.15, -0.1) is 0 Å². The van der Waals surface area contributed by atoms with Gasteiger partial charge in [0.05, 0.1) is 0 Å². The quantitative estimate of drug-likeness (QED) is 0.164. The van der Waals surface area contributed by atoms with Crippen molar-refractivity contribution in [2.75, 3.05) is 5.75 Å². The topological polar surface area (TPSA) is 0 Å². The first-order valence-electron chi connectivity index (χ1n) is 15.3. The van der Waals surface area contributed by atoms with Gasteiger partial charge in [-0.25, -0.2) is 0 Å². The average Bonchev–Trinajstić information content (AvgIpc) is 3.26. The lowest BCUT2D eigenvalue weighted by molar-refractivity contribution is 0.532. The van der Waals surface area contributed by atoms with E-state index in [9.17, 15) is 0 Å². The molecule has 0 spiro atoms. The van der Waals surface area contributed by atoms with Crippen LogP contribution >= 0.6 is 12.6 Å². The fourth-order valence-electron chi connectivity index (χ4n) is 6.59. The van der Waals surface area contributed by atoms with Crippen LogP contribution in [0.5, 0.6) is 0 Å². The molecule has 3 atom stereocenters. The van der Waals surface area contributed by atoms with Gasteiger partial charge < -0.3 is 0 Å². The van der Waals surface area contributed by atoms with Gasteiger partial charge >= 0.3 is 0 Å². The van der Waals surface area contributed by atoms with E-state index in [0.29, 0.717) is 11.8 Å². The van der Waals surface area contributed by atoms with Crippen LogP contribution in [0, 0.1) is 25.7 Å². The van der Waals surface area contributed by atoms with Crippen molar-refractivity contribution in [3.05, 3.63) is 129 Å². The molecule has 0 saturated heterocycles. The highest BCUT2D eigenvalue weighted by atomic mass is 32.1. The molecule has 0 nitrogen and oxygen atoms in total. The van der Waals surface area contributed by atoms with Gasteiger partial charge in [-0.1, -0.05) is 85.8 Å². The maximum Gasteiger partial charge on any atom is 0.139 e. The van der Waals surface area contributed by atoms with Crippen molar-refractivity contribution in [2.45, 2.75) is 80.6 Å². The number of rotatable bonds is 10. The second-order valence-corrected chi connectivity index (χ2v) is 12.6. The molecule has 2 aliphatic rings. The van der Waals surface area contributed by atoms with Gasteiger partial charge in [0, 0.05) is 5.92 Å². The van der Waals surface area contributed by atoms with Gasteiger partial charge in [0.25, 0.3) is 0 Å². The molecular weight excluding hydrogens is 511 g/mol. The summed E-state index contributed by atoms with van der Waals surface area (Å²) in [5.41, 5.74) is 17.1. The Morgan fingerprint density at radius 1 is 1.15 bits per heavy atom. The van der Waals surface area contributed by atoms with Gasteiger partial charge in [-0.05, 0) is 147 Å². The van der Waals surface area contributed by atoms with Crippen LogP contribution in [0.25, 0.3) is 6.08 Å². The molecule has 0 radical (unpaired) electrons. The molecule has 3 unspecified atom stereocenters. The third-order valence-corrected chi connectivity index (χ3v) is 9.47. The number of hydrogen-bond donors (Lipinski definition) is 1. The summed E-state index contributed by atoms with van der Waals surface area (Å²) in [5, 5.41) is 0. The van der Waals surface area contributed by atoms with Gasteiger partial charge in [0.2, 0.25) is 0 Å². The Balaban J connectivity index is 2.32. The van der Waals surface area contributed by atoms with Gasteiger partial charge in [0.1, 0.15) is 7.85 Å². The molecule has 0 aliphatic heterocycles. The first kappa shape index (κ1) is 32.8. The van der Waals surface area contributed by atoms with Gasteiger partial charge in [-0.2, -0.15) is 12.6 Å². The summed E-state index contributed by atoms with van der Waals surface area (Å²) in [6, 6.07) is 2.44. The van der Waals surface area contributed by atoms with E-state index in [1.165, 1.54) is 66.7 Å². The van der Waals surface area contributed by atoms with Gasteiger partial charge in [-0.3, -0.25) is 0 Å². The zero-order valence-electron chi connectivity index (χ0n) is 27.1. The Kier molecular flexibility index (Phi) is 11.6. The van der Waals surface area contributed by atoms with E-state index in [2.05, 4.69) is 131 Å². The average molecular weight is 563 g/mol. The van der Waals surface area contributed by atoms with E-state index in [-0.39, 0.29) is 5.92 Å². The predicted molar refractivity (Wildman–Crippen MR) is 191 cm³/mol. The molecule has 2 heteroatoms. The van der Waals surface area contributed by atoms with Crippen LogP contribution in [0.2, 0.25) is 0 Å². The highest BCUT2D eigenvalue weighted by Gasteiger charge is 2.34. The van der Waals surface area contributed by atoms with Crippen LogP contribution in [0.15, 0.2) is 106 Å². The van der Waals surface area contributed by atoms with Crippen LogP contribution < -0.4 is 5.46 Å². The molecule has 216 valence electrons. The zero-order chi connectivity index (χ0) is 30.4. The molecule has 0 bridgehead atoms. The smallest absolute Gasteiger partial charge is 0.139 e. The van der Waals surface area contributed by atoms with Crippen LogP contribution in [0.1, 0.15) is 89.0 Å². The van der Waals surface area contributed by atoms with Gasteiger partial charge in [0.15, 0.2) is 0 Å². The Hall–Kier alpha value is -2.71. The van der Waals surface area contributed by atoms with E-state index < -0.39 is 0 Å². The van der Waals surface area contributed by atoms with Crippen LogP contribution in [-0.4, -0.2) is 13.6 Å². The number of benzene rings is 1. The van der Waals surface area contributed by atoms with Crippen molar-refractivity contribution in [1.29, 1.82) is 0 Å². The molecule has 0 N–H and O–H groups in total. The van der Waals surface area contributed by atoms with E-state index >= 15 is 0 Å². The number of thiol groups is 1. The molecule has 41 heavy (non-hydrogen) atoms. The standard InChI is InChI=1S/C39H51BS/c1-11-26(7)39(24(4)5)30(12-2)21-35-28(9)34(31-18-16-25(6)17-19-31)22-37(35)33(15-14-20-41)36-23-38(40)29(10)32(13-3)27(36)8/h11-13,16,18-19,21-23,25,33,37,41H,3,9,14-15,17,20,40H2,1-2,4-8,10H3/b26-11-,30-12+,35-21+. The summed E-state index contributed by atoms with van der Waals surface area (Å²) in [5.74, 6) is 2.01. The minimum atomic E-state index is 0.226. The normalized spacial score (nSPS) is 21.2. The molecule has 0 saturated carbocycles. The maximum absolute atomic E-state index is 4.76. The van der Waals surface area contributed by atoms with Crippen molar-refractivity contribution in [2.24, 2.45) is 11.8 Å². The predicted octanol–water partition coefficient (Wildman–Crippen LogP) is 9.81. The fraction of sp³-hybridized carbons (Fsp3) is 0.385. The molecule has 1 aromatic carbocycles. The highest BCUT2D eigenvalue weighted by Crippen LogP contribution is 2.49. The number of hydrogen-bond acceptors (Lipinski definition) is 1. The Morgan fingerprint density at radius 2 is 1.85 bits per heavy atom. The molecule has 0 amide bonds. The molecule has 3 rings (SSSR count). The molecule has 1 aromatic rings. The first-order valence-corrected chi connectivity index (χ1v) is 16.0. The zero-order valence-corrected chi connectivity index (χ0v) is 28.0. The van der Waals surface area contributed by atoms with E-state index in [1.54, 1.807) is 0 Å². The third kappa shape index (κ3) is 7.03. The Bertz CT molecular complexity index is 1410. The van der Waals surface area contributed by atoms with Crippen molar-refractivity contribution < 1.29 is 0 Å². The highest BCUT2D eigenvalue weighted by molar-refractivity contribution is 7.80.